The molecule has 0 atom stereocenters. The summed E-state index contributed by atoms with van der Waals surface area (Å²) >= 11 is 5.82. The van der Waals surface area contributed by atoms with Gasteiger partial charge in [-0.3, -0.25) is 9.59 Å². The minimum atomic E-state index is -0.620. The molecule has 0 unspecified atom stereocenters. The van der Waals surface area contributed by atoms with E-state index in [-0.39, 0.29) is 17.1 Å². The van der Waals surface area contributed by atoms with Crippen molar-refractivity contribution >= 4 is 40.7 Å². The third-order valence-electron chi connectivity index (χ3n) is 5.81. The number of pyridine rings is 2. The van der Waals surface area contributed by atoms with Gasteiger partial charge in [0.25, 0.3) is 11.8 Å². The average molecular weight is 497 g/mol. The van der Waals surface area contributed by atoms with E-state index >= 15 is 0 Å². The Labute approximate surface area is 208 Å². The van der Waals surface area contributed by atoms with Crippen LogP contribution in [0.3, 0.4) is 0 Å². The lowest BCUT2D eigenvalue weighted by Gasteiger charge is -2.22. The second-order valence-electron chi connectivity index (χ2n) is 8.14. The van der Waals surface area contributed by atoms with Crippen LogP contribution in [-0.4, -0.2) is 59.4 Å². The largest absolute Gasteiger partial charge is 0.355 e. The Morgan fingerprint density at radius 3 is 2.54 bits per heavy atom. The summed E-state index contributed by atoms with van der Waals surface area (Å²) in [5, 5.41) is 5.68. The van der Waals surface area contributed by atoms with Gasteiger partial charge >= 0.3 is 0 Å². The second-order valence-corrected chi connectivity index (χ2v) is 8.58. The van der Waals surface area contributed by atoms with Crippen molar-refractivity contribution in [3.8, 4) is 0 Å². The highest BCUT2D eigenvalue weighted by Gasteiger charge is 2.18. The number of halogens is 2. The number of amides is 2. The minimum Gasteiger partial charge on any atom is -0.355 e. The SMILES string of the molecule is CCN1CCCN(c2ccc(C(=O)Nc3ccc(F)cc3C(=O)Nc3ccc(Cl)cn3)cn2)CC1. The predicted octanol–water partition coefficient (Wildman–Crippen LogP) is 4.31. The molecule has 35 heavy (non-hydrogen) atoms. The van der Waals surface area contributed by atoms with Gasteiger partial charge in [0.2, 0.25) is 0 Å². The second kappa shape index (κ2) is 11.2. The molecule has 1 aromatic carbocycles. The van der Waals surface area contributed by atoms with Gasteiger partial charge in [0, 0.05) is 32.0 Å². The van der Waals surface area contributed by atoms with Crippen molar-refractivity contribution < 1.29 is 14.0 Å². The maximum absolute atomic E-state index is 13.9. The van der Waals surface area contributed by atoms with Crippen molar-refractivity contribution in [1.29, 1.82) is 0 Å². The number of aromatic nitrogens is 2. The van der Waals surface area contributed by atoms with Crippen LogP contribution in [0.1, 0.15) is 34.1 Å². The molecule has 2 N–H and O–H groups in total. The van der Waals surface area contributed by atoms with Gasteiger partial charge in [0.1, 0.15) is 17.5 Å². The van der Waals surface area contributed by atoms with Crippen LogP contribution in [0.2, 0.25) is 5.02 Å². The maximum atomic E-state index is 13.9. The Bertz CT molecular complexity index is 1190. The fourth-order valence-electron chi connectivity index (χ4n) is 3.86. The summed E-state index contributed by atoms with van der Waals surface area (Å²) in [6, 6.07) is 10.2. The van der Waals surface area contributed by atoms with Crippen LogP contribution >= 0.6 is 11.6 Å². The molecule has 1 aliphatic rings. The summed E-state index contributed by atoms with van der Waals surface area (Å²) in [5.74, 6) is -0.622. The van der Waals surface area contributed by atoms with Crippen LogP contribution in [0.15, 0.2) is 54.9 Å². The van der Waals surface area contributed by atoms with Crippen LogP contribution in [-0.2, 0) is 0 Å². The molecule has 1 aliphatic heterocycles. The Balaban J connectivity index is 1.46. The fraction of sp³-hybridized carbons (Fsp3) is 0.280. The monoisotopic (exact) mass is 496 g/mol. The molecule has 2 aromatic heterocycles. The number of hydrogen-bond donors (Lipinski definition) is 2. The highest BCUT2D eigenvalue weighted by molar-refractivity contribution is 6.30. The number of hydrogen-bond acceptors (Lipinski definition) is 6. The van der Waals surface area contributed by atoms with Crippen molar-refractivity contribution in [3.05, 3.63) is 76.8 Å². The zero-order chi connectivity index (χ0) is 24.8. The Morgan fingerprint density at radius 2 is 1.83 bits per heavy atom. The molecule has 10 heteroatoms. The number of anilines is 3. The van der Waals surface area contributed by atoms with Crippen LogP contribution < -0.4 is 15.5 Å². The van der Waals surface area contributed by atoms with Crippen LogP contribution in [0, 0.1) is 5.82 Å². The van der Waals surface area contributed by atoms with Crippen LogP contribution in [0.4, 0.5) is 21.7 Å². The number of carbonyl (C=O) groups is 2. The number of likely N-dealkylation sites (N-methyl/N-ethyl adjacent to an activating group) is 1. The number of benzene rings is 1. The quantitative estimate of drug-likeness (QED) is 0.528. The number of carbonyl (C=O) groups excluding carboxylic acids is 2. The lowest BCUT2D eigenvalue weighted by molar-refractivity contribution is 0.102. The molecule has 2 amide bonds. The standard InChI is InChI=1S/C25H26ClFN6O2/c1-2-32-10-3-11-33(13-12-32)23-9-4-17(15-29-23)24(34)30-21-7-6-19(27)14-20(21)25(35)31-22-8-5-18(26)16-28-22/h4-9,14-16H,2-3,10-13H2,1H3,(H,30,34)(H,28,31,35). The van der Waals surface area contributed by atoms with E-state index in [1.165, 1.54) is 30.6 Å². The first-order valence-corrected chi connectivity index (χ1v) is 11.8. The number of nitrogens with zero attached hydrogens (tertiary/aromatic N) is 4. The lowest BCUT2D eigenvalue weighted by Crippen LogP contribution is -2.31. The van der Waals surface area contributed by atoms with Gasteiger partial charge in [-0.2, -0.15) is 0 Å². The van der Waals surface area contributed by atoms with Gasteiger partial charge in [0.05, 0.1) is 21.8 Å². The topological polar surface area (TPSA) is 90.5 Å². The predicted molar refractivity (Wildman–Crippen MR) is 135 cm³/mol. The molecule has 0 radical (unpaired) electrons. The van der Waals surface area contributed by atoms with E-state index in [4.69, 9.17) is 11.6 Å². The average Bonchev–Trinajstić information content (AvgIpc) is 3.12. The molecular formula is C25H26ClFN6O2. The molecule has 3 heterocycles. The summed E-state index contributed by atoms with van der Waals surface area (Å²) in [6.07, 6.45) is 3.94. The third kappa shape index (κ3) is 6.32. The lowest BCUT2D eigenvalue weighted by atomic mass is 10.1. The molecule has 0 spiro atoms. The van der Waals surface area contributed by atoms with E-state index in [0.717, 1.165) is 51.0 Å². The van der Waals surface area contributed by atoms with Crippen molar-refractivity contribution in [2.75, 3.05) is 48.3 Å². The zero-order valence-corrected chi connectivity index (χ0v) is 20.1. The van der Waals surface area contributed by atoms with Gasteiger partial charge in [-0.25, -0.2) is 14.4 Å². The Morgan fingerprint density at radius 1 is 0.971 bits per heavy atom. The Kier molecular flexibility index (Phi) is 7.89. The molecule has 1 saturated heterocycles. The van der Waals surface area contributed by atoms with Gasteiger partial charge in [-0.05, 0) is 62.0 Å². The first kappa shape index (κ1) is 24.6. The normalized spacial score (nSPS) is 14.3. The molecule has 0 aliphatic carbocycles. The van der Waals surface area contributed by atoms with E-state index in [1.54, 1.807) is 12.1 Å². The molecule has 0 saturated carbocycles. The molecule has 4 rings (SSSR count). The van der Waals surface area contributed by atoms with Crippen molar-refractivity contribution in [3.63, 3.8) is 0 Å². The van der Waals surface area contributed by atoms with Gasteiger partial charge in [0.15, 0.2) is 0 Å². The highest BCUT2D eigenvalue weighted by Crippen LogP contribution is 2.21. The molecule has 1 fully saturated rings. The van der Waals surface area contributed by atoms with Gasteiger partial charge < -0.3 is 20.4 Å². The van der Waals surface area contributed by atoms with Gasteiger partial charge in [-0.1, -0.05) is 18.5 Å². The summed E-state index contributed by atoms with van der Waals surface area (Å²) in [7, 11) is 0. The maximum Gasteiger partial charge on any atom is 0.259 e. The summed E-state index contributed by atoms with van der Waals surface area (Å²) in [6.45, 7) is 7.01. The summed E-state index contributed by atoms with van der Waals surface area (Å²) in [5.41, 5.74) is 0.456. The van der Waals surface area contributed by atoms with E-state index in [9.17, 15) is 14.0 Å². The summed E-state index contributed by atoms with van der Waals surface area (Å²) in [4.78, 5) is 38.7. The van der Waals surface area contributed by atoms with Crippen LogP contribution in [0.5, 0.6) is 0 Å². The highest BCUT2D eigenvalue weighted by atomic mass is 35.5. The van der Waals surface area contributed by atoms with Crippen molar-refractivity contribution in [2.24, 2.45) is 0 Å². The van der Waals surface area contributed by atoms with E-state index in [0.29, 0.717) is 10.6 Å². The van der Waals surface area contributed by atoms with Crippen molar-refractivity contribution in [1.82, 2.24) is 14.9 Å². The smallest absolute Gasteiger partial charge is 0.259 e. The minimum absolute atomic E-state index is 0.0373. The first-order chi connectivity index (χ1) is 16.9. The van der Waals surface area contributed by atoms with E-state index < -0.39 is 17.6 Å². The molecule has 0 bridgehead atoms. The van der Waals surface area contributed by atoms with E-state index in [1.807, 2.05) is 6.07 Å². The van der Waals surface area contributed by atoms with Crippen LogP contribution in [0.25, 0.3) is 0 Å². The number of nitrogens with one attached hydrogen (secondary N) is 2. The first-order valence-electron chi connectivity index (χ1n) is 11.4. The fourth-order valence-corrected chi connectivity index (χ4v) is 3.98. The molecule has 8 nitrogen and oxygen atoms in total. The third-order valence-corrected chi connectivity index (χ3v) is 6.04. The molecule has 3 aromatic rings. The summed E-state index contributed by atoms with van der Waals surface area (Å²) < 4.78 is 13.9. The van der Waals surface area contributed by atoms with Gasteiger partial charge in [-0.15, -0.1) is 0 Å². The zero-order valence-electron chi connectivity index (χ0n) is 19.3. The Hall–Kier alpha value is -3.56. The number of rotatable bonds is 6. The molecular weight excluding hydrogens is 471 g/mol. The molecule has 182 valence electrons. The van der Waals surface area contributed by atoms with Crippen molar-refractivity contribution in [2.45, 2.75) is 13.3 Å². The van der Waals surface area contributed by atoms with E-state index in [2.05, 4.69) is 37.3 Å².